The van der Waals surface area contributed by atoms with Gasteiger partial charge in [0.05, 0.1) is 0 Å². The van der Waals surface area contributed by atoms with Crippen molar-refractivity contribution in [3.05, 3.63) is 0 Å². The Balaban J connectivity index is 4.31. The van der Waals surface area contributed by atoms with Gasteiger partial charge in [-0.05, 0) is 37.0 Å². The first kappa shape index (κ1) is 53.4. The highest BCUT2D eigenvalue weighted by atomic mass is 16.6. The Bertz CT molecular complexity index is 854. The Morgan fingerprint density at radius 1 is 0.364 bits per heavy atom. The molecule has 0 rings (SSSR count). The second kappa shape index (κ2) is 40.6. The fraction of sp³-hybridized carbons (Fsp3) is 0.939. The Kier molecular flexibility index (Phi) is 39.4. The van der Waals surface area contributed by atoms with Crippen molar-refractivity contribution in [1.82, 2.24) is 0 Å². The third-order valence-corrected chi connectivity index (χ3v) is 11.3. The molecule has 0 aliphatic rings. The molecule has 326 valence electrons. The molecule has 0 N–H and O–H groups in total. The average molecular weight is 779 g/mol. The molecule has 0 radical (unpaired) electrons. The van der Waals surface area contributed by atoms with Crippen LogP contribution in [0.1, 0.15) is 260 Å². The first-order chi connectivity index (χ1) is 26.6. The van der Waals surface area contributed by atoms with Crippen molar-refractivity contribution in [2.24, 2.45) is 17.8 Å². The van der Waals surface area contributed by atoms with E-state index in [1.165, 1.54) is 141 Å². The molecule has 0 aromatic rings. The van der Waals surface area contributed by atoms with Crippen molar-refractivity contribution in [2.45, 2.75) is 266 Å². The van der Waals surface area contributed by atoms with Gasteiger partial charge in [-0.25, -0.2) is 0 Å². The lowest BCUT2D eigenvalue weighted by Crippen LogP contribution is -2.30. The lowest BCUT2D eigenvalue weighted by atomic mass is 10.00. The fourth-order valence-corrected chi connectivity index (χ4v) is 7.20. The van der Waals surface area contributed by atoms with Gasteiger partial charge in [0.25, 0.3) is 0 Å². The van der Waals surface area contributed by atoms with Crippen LogP contribution in [-0.4, -0.2) is 37.2 Å². The second-order valence-corrected chi connectivity index (χ2v) is 17.9. The molecule has 1 unspecified atom stereocenters. The maximum atomic E-state index is 12.7. The highest BCUT2D eigenvalue weighted by molar-refractivity contribution is 5.71. The molecule has 0 heterocycles. The Morgan fingerprint density at radius 2 is 0.636 bits per heavy atom. The van der Waals surface area contributed by atoms with Gasteiger partial charge in [0.1, 0.15) is 13.2 Å². The standard InChI is InChI=1S/C49H94O6/c1-7-45(6)37-31-25-21-22-28-34-40-49(52)55-46(42-54-48(51)39-33-27-20-16-12-14-18-24-30-36-44(4)5)41-53-47(50)38-32-26-19-15-11-9-8-10-13-17-23-29-35-43(2)3/h43-46H,7-42H2,1-6H3/t45?,46-/m0/s1. The predicted molar refractivity (Wildman–Crippen MR) is 233 cm³/mol. The molecule has 0 saturated heterocycles. The van der Waals surface area contributed by atoms with Gasteiger partial charge >= 0.3 is 17.9 Å². The zero-order valence-corrected chi connectivity index (χ0v) is 37.7. The maximum absolute atomic E-state index is 12.7. The van der Waals surface area contributed by atoms with Gasteiger partial charge in [-0.2, -0.15) is 0 Å². The molecule has 55 heavy (non-hydrogen) atoms. The molecule has 0 amide bonds. The number of esters is 3. The molecule has 0 aliphatic heterocycles. The number of hydrogen-bond acceptors (Lipinski definition) is 6. The lowest BCUT2D eigenvalue weighted by Gasteiger charge is -2.18. The third-order valence-electron chi connectivity index (χ3n) is 11.3. The summed E-state index contributed by atoms with van der Waals surface area (Å²) in [6.45, 7) is 13.7. The average Bonchev–Trinajstić information content (AvgIpc) is 3.15. The molecule has 2 atom stereocenters. The maximum Gasteiger partial charge on any atom is 0.306 e. The number of rotatable bonds is 42. The van der Waals surface area contributed by atoms with Gasteiger partial charge in [0.2, 0.25) is 0 Å². The van der Waals surface area contributed by atoms with Gasteiger partial charge in [0, 0.05) is 19.3 Å². The van der Waals surface area contributed by atoms with E-state index < -0.39 is 6.10 Å². The van der Waals surface area contributed by atoms with Crippen LogP contribution in [0.4, 0.5) is 0 Å². The van der Waals surface area contributed by atoms with Crippen LogP contribution in [0.15, 0.2) is 0 Å². The van der Waals surface area contributed by atoms with Crippen molar-refractivity contribution in [3.63, 3.8) is 0 Å². The molecule has 0 saturated carbocycles. The predicted octanol–water partition coefficient (Wildman–Crippen LogP) is 15.2. The summed E-state index contributed by atoms with van der Waals surface area (Å²) in [6.07, 6.45) is 38.1. The van der Waals surface area contributed by atoms with Crippen molar-refractivity contribution in [2.75, 3.05) is 13.2 Å². The summed E-state index contributed by atoms with van der Waals surface area (Å²) in [5, 5.41) is 0. The summed E-state index contributed by atoms with van der Waals surface area (Å²) < 4.78 is 16.7. The molecule has 0 fully saturated rings. The van der Waals surface area contributed by atoms with Crippen LogP contribution in [0.5, 0.6) is 0 Å². The Morgan fingerprint density at radius 3 is 0.945 bits per heavy atom. The van der Waals surface area contributed by atoms with E-state index in [1.807, 2.05) is 0 Å². The third kappa shape index (κ3) is 41.9. The van der Waals surface area contributed by atoms with Crippen molar-refractivity contribution >= 4 is 17.9 Å². The van der Waals surface area contributed by atoms with E-state index in [2.05, 4.69) is 41.5 Å². The highest BCUT2D eigenvalue weighted by Crippen LogP contribution is 2.17. The lowest BCUT2D eigenvalue weighted by molar-refractivity contribution is -0.167. The zero-order valence-electron chi connectivity index (χ0n) is 37.7. The Hall–Kier alpha value is -1.59. The topological polar surface area (TPSA) is 78.9 Å². The molecule has 0 aliphatic carbocycles. The van der Waals surface area contributed by atoms with Gasteiger partial charge in [0.15, 0.2) is 6.10 Å². The number of carbonyl (C=O) groups excluding carboxylic acids is 3. The van der Waals surface area contributed by atoms with Crippen molar-refractivity contribution in [3.8, 4) is 0 Å². The molecule has 6 heteroatoms. The van der Waals surface area contributed by atoms with Gasteiger partial charge in [-0.15, -0.1) is 0 Å². The van der Waals surface area contributed by atoms with Gasteiger partial charge in [-0.3, -0.25) is 14.4 Å². The molecule has 0 spiro atoms. The van der Waals surface area contributed by atoms with Crippen LogP contribution in [0.2, 0.25) is 0 Å². The summed E-state index contributed by atoms with van der Waals surface area (Å²) >= 11 is 0. The van der Waals surface area contributed by atoms with Crippen LogP contribution in [0.3, 0.4) is 0 Å². The van der Waals surface area contributed by atoms with E-state index in [0.29, 0.717) is 19.3 Å². The van der Waals surface area contributed by atoms with Crippen molar-refractivity contribution < 1.29 is 28.6 Å². The number of hydrogen-bond donors (Lipinski definition) is 0. The summed E-state index contributed by atoms with van der Waals surface area (Å²) in [7, 11) is 0. The number of carbonyl (C=O) groups is 3. The van der Waals surface area contributed by atoms with E-state index in [9.17, 15) is 14.4 Å². The smallest absolute Gasteiger partial charge is 0.306 e. The molecule has 0 bridgehead atoms. The minimum absolute atomic E-state index is 0.0662. The number of unbranched alkanes of at least 4 members (excludes halogenated alkanes) is 24. The second-order valence-electron chi connectivity index (χ2n) is 17.9. The normalized spacial score (nSPS) is 12.7. The molecule has 0 aromatic carbocycles. The SMILES string of the molecule is CCC(C)CCCCCCCCC(=O)O[C@@H](COC(=O)CCCCCCCCCCCCCCC(C)C)COC(=O)CCCCCCCCCCCC(C)C. The molecule has 6 nitrogen and oxygen atoms in total. The zero-order chi connectivity index (χ0) is 40.6. The summed E-state index contributed by atoms with van der Waals surface area (Å²) in [6, 6.07) is 0. The summed E-state index contributed by atoms with van der Waals surface area (Å²) in [5.74, 6) is 1.59. The van der Waals surface area contributed by atoms with Crippen LogP contribution < -0.4 is 0 Å². The fourth-order valence-electron chi connectivity index (χ4n) is 7.20. The molecular formula is C49H94O6. The quantitative estimate of drug-likeness (QED) is 0.0349. The summed E-state index contributed by atoms with van der Waals surface area (Å²) in [5.41, 5.74) is 0. The van der Waals surface area contributed by atoms with Crippen molar-refractivity contribution in [1.29, 1.82) is 0 Å². The van der Waals surface area contributed by atoms with E-state index in [-0.39, 0.29) is 31.1 Å². The van der Waals surface area contributed by atoms with Crippen LogP contribution in [-0.2, 0) is 28.6 Å². The highest BCUT2D eigenvalue weighted by Gasteiger charge is 2.19. The Labute approximate surface area is 342 Å². The van der Waals surface area contributed by atoms with Crippen LogP contribution >= 0.6 is 0 Å². The first-order valence-electron chi connectivity index (χ1n) is 24.1. The van der Waals surface area contributed by atoms with E-state index in [0.717, 1.165) is 75.5 Å². The molecule has 0 aromatic heterocycles. The van der Waals surface area contributed by atoms with E-state index in [4.69, 9.17) is 14.2 Å². The monoisotopic (exact) mass is 779 g/mol. The molecular weight excluding hydrogens is 685 g/mol. The van der Waals surface area contributed by atoms with E-state index in [1.54, 1.807) is 0 Å². The minimum Gasteiger partial charge on any atom is -0.462 e. The van der Waals surface area contributed by atoms with Gasteiger partial charge < -0.3 is 14.2 Å². The van der Waals surface area contributed by atoms with Gasteiger partial charge in [-0.1, -0.05) is 221 Å². The van der Waals surface area contributed by atoms with E-state index >= 15 is 0 Å². The van der Waals surface area contributed by atoms with Crippen LogP contribution in [0.25, 0.3) is 0 Å². The largest absolute Gasteiger partial charge is 0.462 e. The summed E-state index contributed by atoms with van der Waals surface area (Å²) in [4.78, 5) is 37.8. The van der Waals surface area contributed by atoms with Crippen LogP contribution in [0, 0.1) is 17.8 Å². The number of ether oxygens (including phenoxy) is 3. The minimum atomic E-state index is -0.762. The first-order valence-corrected chi connectivity index (χ1v) is 24.1.